The highest BCUT2D eigenvalue weighted by molar-refractivity contribution is 5.37. The molecule has 0 aliphatic rings. The van der Waals surface area contributed by atoms with Crippen LogP contribution < -0.4 is 10.1 Å². The molecule has 19 heavy (non-hydrogen) atoms. The van der Waals surface area contributed by atoms with E-state index in [1.807, 2.05) is 6.07 Å². The van der Waals surface area contributed by atoms with Crippen LogP contribution in [-0.2, 0) is 0 Å². The molecule has 0 amide bonds. The molecule has 108 valence electrons. The third-order valence-electron chi connectivity index (χ3n) is 3.69. The van der Waals surface area contributed by atoms with Crippen LogP contribution in [0, 0.1) is 5.41 Å². The van der Waals surface area contributed by atoms with Crippen molar-refractivity contribution in [3.05, 3.63) is 29.8 Å². The number of para-hydroxylation sites is 1. The van der Waals surface area contributed by atoms with E-state index in [0.717, 1.165) is 18.7 Å². The summed E-state index contributed by atoms with van der Waals surface area (Å²) in [4.78, 5) is 0. The number of hydrogen-bond donors (Lipinski definition) is 1. The van der Waals surface area contributed by atoms with E-state index in [1.54, 1.807) is 0 Å². The first-order valence-electron chi connectivity index (χ1n) is 7.41. The van der Waals surface area contributed by atoms with Crippen LogP contribution in [0.2, 0.25) is 0 Å². The lowest BCUT2D eigenvalue weighted by molar-refractivity contribution is 0.210. The van der Waals surface area contributed by atoms with Gasteiger partial charge in [0, 0.05) is 11.6 Å². The lowest BCUT2D eigenvalue weighted by atomic mass is 9.78. The highest BCUT2D eigenvalue weighted by Crippen LogP contribution is 2.40. The second-order valence-corrected chi connectivity index (χ2v) is 6.04. The molecular weight excluding hydrogens is 234 g/mol. The zero-order chi connectivity index (χ0) is 14.5. The summed E-state index contributed by atoms with van der Waals surface area (Å²) >= 11 is 0. The maximum absolute atomic E-state index is 5.97. The molecule has 0 bridgehead atoms. The molecule has 0 saturated heterocycles. The van der Waals surface area contributed by atoms with Crippen molar-refractivity contribution in [2.45, 2.75) is 60.1 Å². The Morgan fingerprint density at radius 3 is 2.32 bits per heavy atom. The smallest absolute Gasteiger partial charge is 0.124 e. The fourth-order valence-corrected chi connectivity index (χ4v) is 2.30. The molecule has 1 N–H and O–H groups in total. The van der Waals surface area contributed by atoms with Crippen LogP contribution in [-0.4, -0.2) is 12.6 Å². The van der Waals surface area contributed by atoms with E-state index in [9.17, 15) is 0 Å². The molecule has 0 fully saturated rings. The van der Waals surface area contributed by atoms with Gasteiger partial charge in [0.25, 0.3) is 0 Å². The molecule has 1 rings (SSSR count). The summed E-state index contributed by atoms with van der Waals surface area (Å²) in [7, 11) is 0. The summed E-state index contributed by atoms with van der Waals surface area (Å²) in [6.45, 7) is 14.1. The first-order valence-corrected chi connectivity index (χ1v) is 7.41. The molecule has 1 aromatic carbocycles. The van der Waals surface area contributed by atoms with Crippen molar-refractivity contribution in [3.8, 4) is 5.75 Å². The van der Waals surface area contributed by atoms with Crippen LogP contribution in [0.25, 0.3) is 0 Å². The number of ether oxygens (including phenoxy) is 1. The third kappa shape index (κ3) is 4.24. The van der Waals surface area contributed by atoms with Crippen LogP contribution in [0.5, 0.6) is 5.75 Å². The maximum atomic E-state index is 5.97. The molecule has 0 aliphatic heterocycles. The summed E-state index contributed by atoms with van der Waals surface area (Å²) in [6.07, 6.45) is 1.33. The van der Waals surface area contributed by atoms with Crippen molar-refractivity contribution in [1.82, 2.24) is 5.32 Å². The van der Waals surface area contributed by atoms with E-state index in [0.29, 0.717) is 6.04 Å². The maximum Gasteiger partial charge on any atom is 0.124 e. The Bertz CT molecular complexity index is 385. The Balaban J connectivity index is 3.15. The van der Waals surface area contributed by atoms with Crippen LogP contribution in [0.4, 0.5) is 0 Å². The van der Waals surface area contributed by atoms with Crippen molar-refractivity contribution in [2.75, 3.05) is 6.54 Å². The summed E-state index contributed by atoms with van der Waals surface area (Å²) in [5.74, 6) is 1.00. The normalized spacial score (nSPS) is 13.6. The van der Waals surface area contributed by atoms with Crippen LogP contribution in [0.3, 0.4) is 0 Å². The Kier molecular flexibility index (Phi) is 5.86. The number of benzene rings is 1. The first-order chi connectivity index (χ1) is 8.92. The average Bonchev–Trinajstić information content (AvgIpc) is 2.36. The first kappa shape index (κ1) is 16.0. The minimum Gasteiger partial charge on any atom is -0.491 e. The summed E-state index contributed by atoms with van der Waals surface area (Å²) in [5.41, 5.74) is 1.47. The molecule has 2 nitrogen and oxygen atoms in total. The van der Waals surface area contributed by atoms with E-state index in [1.165, 1.54) is 5.56 Å². The van der Waals surface area contributed by atoms with E-state index in [-0.39, 0.29) is 11.5 Å². The van der Waals surface area contributed by atoms with Crippen LogP contribution >= 0.6 is 0 Å². The molecule has 2 heteroatoms. The average molecular weight is 263 g/mol. The Hall–Kier alpha value is -1.02. The minimum absolute atomic E-state index is 0.201. The standard InChI is InChI=1S/C17H29NO/c1-7-17(5,6)16(18-8-2)14-11-9-10-12-15(14)19-13(3)4/h9-13,16,18H,7-8H2,1-6H3. The number of hydrogen-bond acceptors (Lipinski definition) is 2. The predicted molar refractivity (Wildman–Crippen MR) is 82.7 cm³/mol. The Labute approximate surface area is 118 Å². The lowest BCUT2D eigenvalue weighted by Gasteiger charge is -2.35. The summed E-state index contributed by atoms with van der Waals surface area (Å²) in [5, 5.41) is 3.62. The van der Waals surface area contributed by atoms with Gasteiger partial charge in [-0.25, -0.2) is 0 Å². The molecular formula is C17H29NO. The second kappa shape index (κ2) is 6.95. The third-order valence-corrected chi connectivity index (χ3v) is 3.69. The zero-order valence-electron chi connectivity index (χ0n) is 13.3. The SMILES string of the molecule is CCNC(c1ccccc1OC(C)C)C(C)(C)CC. The van der Waals surface area contributed by atoms with Crippen LogP contribution in [0.1, 0.15) is 59.6 Å². The molecule has 0 aromatic heterocycles. The van der Waals surface area contributed by atoms with E-state index in [4.69, 9.17) is 4.74 Å². The van der Waals surface area contributed by atoms with Gasteiger partial charge in [0.15, 0.2) is 0 Å². The quantitative estimate of drug-likeness (QED) is 0.778. The molecule has 1 aromatic rings. The Morgan fingerprint density at radius 2 is 1.79 bits per heavy atom. The molecule has 0 aliphatic carbocycles. The molecule has 0 saturated carbocycles. The van der Waals surface area contributed by atoms with E-state index in [2.05, 4.69) is 65.1 Å². The van der Waals surface area contributed by atoms with Gasteiger partial charge in [-0.2, -0.15) is 0 Å². The van der Waals surface area contributed by atoms with E-state index < -0.39 is 0 Å². The highest BCUT2D eigenvalue weighted by atomic mass is 16.5. The lowest BCUT2D eigenvalue weighted by Crippen LogP contribution is -2.34. The van der Waals surface area contributed by atoms with Gasteiger partial charge in [0.1, 0.15) is 5.75 Å². The van der Waals surface area contributed by atoms with Crippen LogP contribution in [0.15, 0.2) is 24.3 Å². The molecule has 1 atom stereocenters. The monoisotopic (exact) mass is 263 g/mol. The van der Waals surface area contributed by atoms with Gasteiger partial charge < -0.3 is 10.1 Å². The van der Waals surface area contributed by atoms with Crippen molar-refractivity contribution >= 4 is 0 Å². The van der Waals surface area contributed by atoms with Crippen molar-refractivity contribution in [3.63, 3.8) is 0 Å². The van der Waals surface area contributed by atoms with Gasteiger partial charge in [-0.3, -0.25) is 0 Å². The minimum atomic E-state index is 0.201. The fraction of sp³-hybridized carbons (Fsp3) is 0.647. The summed E-state index contributed by atoms with van der Waals surface area (Å²) < 4.78 is 5.97. The van der Waals surface area contributed by atoms with Gasteiger partial charge in [-0.1, -0.05) is 45.9 Å². The van der Waals surface area contributed by atoms with Crippen molar-refractivity contribution in [2.24, 2.45) is 5.41 Å². The van der Waals surface area contributed by atoms with Crippen molar-refractivity contribution < 1.29 is 4.74 Å². The highest BCUT2D eigenvalue weighted by Gasteiger charge is 2.30. The topological polar surface area (TPSA) is 21.3 Å². The van der Waals surface area contributed by atoms with Gasteiger partial charge in [-0.05, 0) is 38.3 Å². The Morgan fingerprint density at radius 1 is 1.16 bits per heavy atom. The molecule has 1 unspecified atom stereocenters. The zero-order valence-corrected chi connectivity index (χ0v) is 13.3. The van der Waals surface area contributed by atoms with E-state index >= 15 is 0 Å². The predicted octanol–water partition coefficient (Wildman–Crippen LogP) is 4.56. The number of nitrogens with one attached hydrogen (secondary N) is 1. The number of rotatable bonds is 7. The van der Waals surface area contributed by atoms with Gasteiger partial charge in [0.2, 0.25) is 0 Å². The van der Waals surface area contributed by atoms with Gasteiger partial charge >= 0.3 is 0 Å². The van der Waals surface area contributed by atoms with Gasteiger partial charge in [0.05, 0.1) is 6.10 Å². The summed E-state index contributed by atoms with van der Waals surface area (Å²) in [6, 6.07) is 8.72. The molecule has 0 heterocycles. The van der Waals surface area contributed by atoms with Crippen molar-refractivity contribution in [1.29, 1.82) is 0 Å². The molecule has 0 spiro atoms. The second-order valence-electron chi connectivity index (χ2n) is 6.04. The largest absolute Gasteiger partial charge is 0.491 e. The fourth-order valence-electron chi connectivity index (χ4n) is 2.30. The molecule has 0 radical (unpaired) electrons. The van der Waals surface area contributed by atoms with Gasteiger partial charge in [-0.15, -0.1) is 0 Å².